The van der Waals surface area contributed by atoms with Crippen molar-refractivity contribution in [2.75, 3.05) is 13.2 Å². The summed E-state index contributed by atoms with van der Waals surface area (Å²) in [5.41, 5.74) is -0.976. The quantitative estimate of drug-likeness (QED) is 0.178. The number of carboxylic acids is 1. The number of nitrogens with one attached hydrogen (secondary N) is 1. The number of esters is 1. The summed E-state index contributed by atoms with van der Waals surface area (Å²) in [7, 11) is 0. The van der Waals surface area contributed by atoms with E-state index in [2.05, 4.69) is 19.2 Å². The molecule has 0 heterocycles. The maximum absolute atomic E-state index is 12.8. The van der Waals surface area contributed by atoms with Crippen LogP contribution in [-0.4, -0.2) is 47.3 Å². The Labute approximate surface area is 194 Å². The van der Waals surface area contributed by atoms with E-state index in [1.54, 1.807) is 13.8 Å². The lowest BCUT2D eigenvalue weighted by Gasteiger charge is -2.29. The maximum Gasteiger partial charge on any atom is 0.308 e. The molecule has 1 amide bonds. The number of aliphatic hydroxyl groups is 1. The monoisotopic (exact) mass is 457 g/mol. The van der Waals surface area contributed by atoms with Crippen LogP contribution in [0.15, 0.2) is 0 Å². The minimum absolute atomic E-state index is 0.0564. The minimum atomic E-state index is -1.40. The Hall–Kier alpha value is -1.63. The third kappa shape index (κ3) is 14.4. The first-order valence-electron chi connectivity index (χ1n) is 12.5. The minimum Gasteiger partial charge on any atom is -0.481 e. The van der Waals surface area contributed by atoms with E-state index in [0.29, 0.717) is 0 Å². The van der Waals surface area contributed by atoms with Crippen molar-refractivity contribution in [1.82, 2.24) is 5.32 Å². The third-order valence-corrected chi connectivity index (χ3v) is 5.86. The van der Waals surface area contributed by atoms with Crippen LogP contribution in [0.3, 0.4) is 0 Å². The summed E-state index contributed by atoms with van der Waals surface area (Å²) in [6.07, 6.45) is 11.5. The van der Waals surface area contributed by atoms with E-state index in [1.165, 1.54) is 25.7 Å². The van der Waals surface area contributed by atoms with Gasteiger partial charge >= 0.3 is 11.9 Å². The maximum atomic E-state index is 12.8. The molecule has 7 nitrogen and oxygen atoms in total. The highest BCUT2D eigenvalue weighted by atomic mass is 16.5. The van der Waals surface area contributed by atoms with Crippen molar-refractivity contribution in [2.45, 2.75) is 117 Å². The standard InChI is InChI=1S/C25H47NO6/c1-5-7-9-11-12-14-16-20(15-13-10-8-6-2)24(31)32-19-25(3,4)22(29)23(30)26-18-17-21(27)28/h20,22,29H,5-19H2,1-4H3,(H,26,30)(H,27,28). The number of hydrogen-bond donors (Lipinski definition) is 3. The van der Waals surface area contributed by atoms with Crippen molar-refractivity contribution in [2.24, 2.45) is 11.3 Å². The second-order valence-electron chi connectivity index (χ2n) is 9.54. The second-order valence-corrected chi connectivity index (χ2v) is 9.54. The molecule has 7 heteroatoms. The smallest absolute Gasteiger partial charge is 0.308 e. The predicted octanol–water partition coefficient (Wildman–Crippen LogP) is 4.84. The van der Waals surface area contributed by atoms with Crippen molar-refractivity contribution >= 4 is 17.8 Å². The molecule has 0 aliphatic heterocycles. The van der Waals surface area contributed by atoms with E-state index < -0.39 is 23.4 Å². The number of hydrogen-bond acceptors (Lipinski definition) is 5. The van der Waals surface area contributed by atoms with E-state index >= 15 is 0 Å². The van der Waals surface area contributed by atoms with Crippen LogP contribution in [0.1, 0.15) is 111 Å². The van der Waals surface area contributed by atoms with Crippen LogP contribution in [0.5, 0.6) is 0 Å². The van der Waals surface area contributed by atoms with Crippen molar-refractivity contribution in [3.63, 3.8) is 0 Å². The van der Waals surface area contributed by atoms with Gasteiger partial charge in [0.05, 0.1) is 18.9 Å². The van der Waals surface area contributed by atoms with Gasteiger partial charge < -0.3 is 20.3 Å². The summed E-state index contributed by atoms with van der Waals surface area (Å²) in [4.78, 5) is 35.5. The van der Waals surface area contributed by atoms with E-state index in [0.717, 1.165) is 51.4 Å². The van der Waals surface area contributed by atoms with Crippen molar-refractivity contribution < 1.29 is 29.3 Å². The number of aliphatic hydroxyl groups excluding tert-OH is 1. The summed E-state index contributed by atoms with van der Waals surface area (Å²) < 4.78 is 5.56. The number of amides is 1. The van der Waals surface area contributed by atoms with Crippen LogP contribution in [-0.2, 0) is 19.1 Å². The van der Waals surface area contributed by atoms with E-state index in [9.17, 15) is 19.5 Å². The Kier molecular flexibility index (Phi) is 17.0. The average molecular weight is 458 g/mol. The number of ether oxygens (including phenoxy) is 1. The largest absolute Gasteiger partial charge is 0.481 e. The number of rotatable bonds is 20. The number of carbonyl (C=O) groups excluding carboxylic acids is 2. The first-order chi connectivity index (χ1) is 15.2. The molecule has 2 unspecified atom stereocenters. The van der Waals surface area contributed by atoms with Gasteiger partial charge in [-0.05, 0) is 12.8 Å². The molecular weight excluding hydrogens is 410 g/mol. The summed E-state index contributed by atoms with van der Waals surface area (Å²) in [5, 5.41) is 21.4. The van der Waals surface area contributed by atoms with Crippen LogP contribution in [0.4, 0.5) is 0 Å². The van der Waals surface area contributed by atoms with Crippen LogP contribution in [0.2, 0.25) is 0 Å². The van der Waals surface area contributed by atoms with Gasteiger partial charge in [0.2, 0.25) is 5.91 Å². The zero-order valence-electron chi connectivity index (χ0n) is 20.8. The molecule has 0 spiro atoms. The second kappa shape index (κ2) is 17.9. The van der Waals surface area contributed by atoms with Gasteiger partial charge in [-0.25, -0.2) is 0 Å². The fraction of sp³-hybridized carbons (Fsp3) is 0.880. The highest BCUT2D eigenvalue weighted by Crippen LogP contribution is 2.25. The Bertz CT molecular complexity index is 535. The molecule has 0 rings (SSSR count). The number of unbranched alkanes of at least 4 members (excludes halogenated alkanes) is 8. The summed E-state index contributed by atoms with van der Waals surface area (Å²) >= 11 is 0. The van der Waals surface area contributed by atoms with Crippen LogP contribution >= 0.6 is 0 Å². The van der Waals surface area contributed by atoms with Gasteiger partial charge in [0, 0.05) is 12.0 Å². The molecule has 0 bridgehead atoms. The summed E-state index contributed by atoms with van der Waals surface area (Å²) in [6, 6.07) is 0. The van der Waals surface area contributed by atoms with Crippen LogP contribution in [0.25, 0.3) is 0 Å². The Balaban J connectivity index is 4.64. The van der Waals surface area contributed by atoms with Gasteiger partial charge in [-0.15, -0.1) is 0 Å². The molecule has 188 valence electrons. The lowest BCUT2D eigenvalue weighted by Crippen LogP contribution is -2.46. The number of aliphatic carboxylic acids is 1. The molecular formula is C25H47NO6. The fourth-order valence-electron chi connectivity index (χ4n) is 3.57. The first-order valence-corrected chi connectivity index (χ1v) is 12.5. The van der Waals surface area contributed by atoms with Crippen LogP contribution < -0.4 is 5.32 Å². The highest BCUT2D eigenvalue weighted by Gasteiger charge is 2.35. The first kappa shape index (κ1) is 30.4. The SMILES string of the molecule is CCCCCCCCC(CCCCCC)C(=O)OCC(C)(C)C(O)C(=O)NCCC(=O)O. The molecule has 3 N–H and O–H groups in total. The Morgan fingerprint density at radius 1 is 0.875 bits per heavy atom. The molecule has 32 heavy (non-hydrogen) atoms. The van der Waals surface area contributed by atoms with Gasteiger partial charge in [0.15, 0.2) is 0 Å². The molecule has 2 atom stereocenters. The molecule has 0 aromatic carbocycles. The number of carbonyl (C=O) groups is 3. The third-order valence-electron chi connectivity index (χ3n) is 5.86. The molecule has 0 radical (unpaired) electrons. The van der Waals surface area contributed by atoms with Crippen molar-refractivity contribution in [3.05, 3.63) is 0 Å². The molecule has 0 saturated heterocycles. The van der Waals surface area contributed by atoms with Crippen LogP contribution in [0, 0.1) is 11.3 Å². The topological polar surface area (TPSA) is 113 Å². The zero-order valence-corrected chi connectivity index (χ0v) is 20.8. The lowest BCUT2D eigenvalue weighted by molar-refractivity contribution is -0.157. The fourth-order valence-corrected chi connectivity index (χ4v) is 3.57. The highest BCUT2D eigenvalue weighted by molar-refractivity contribution is 5.82. The summed E-state index contributed by atoms with van der Waals surface area (Å²) in [6.45, 7) is 7.55. The van der Waals surface area contributed by atoms with Gasteiger partial charge in [-0.3, -0.25) is 14.4 Å². The predicted molar refractivity (Wildman–Crippen MR) is 126 cm³/mol. The number of carboxylic acid groups (broad SMARTS) is 1. The summed E-state index contributed by atoms with van der Waals surface area (Å²) in [5.74, 6) is -2.07. The van der Waals surface area contributed by atoms with Crippen molar-refractivity contribution in [1.29, 1.82) is 0 Å². The lowest BCUT2D eigenvalue weighted by atomic mass is 9.86. The molecule has 0 saturated carbocycles. The van der Waals surface area contributed by atoms with Gasteiger partial charge in [-0.1, -0.05) is 91.9 Å². The molecule has 0 aliphatic rings. The van der Waals surface area contributed by atoms with E-state index in [-0.39, 0.29) is 31.5 Å². The zero-order chi connectivity index (χ0) is 24.4. The molecule has 0 aliphatic carbocycles. The average Bonchev–Trinajstić information content (AvgIpc) is 2.75. The Morgan fingerprint density at radius 3 is 1.91 bits per heavy atom. The van der Waals surface area contributed by atoms with E-state index in [4.69, 9.17) is 9.84 Å². The Morgan fingerprint density at radius 2 is 1.38 bits per heavy atom. The van der Waals surface area contributed by atoms with Crippen molar-refractivity contribution in [3.8, 4) is 0 Å². The van der Waals surface area contributed by atoms with E-state index in [1.807, 2.05) is 0 Å². The van der Waals surface area contributed by atoms with Gasteiger partial charge in [0.1, 0.15) is 6.10 Å². The molecule has 0 aromatic rings. The normalized spacial score (nSPS) is 13.4. The molecule has 0 aromatic heterocycles. The molecule has 0 fully saturated rings. The van der Waals surface area contributed by atoms with Gasteiger partial charge in [-0.2, -0.15) is 0 Å². The van der Waals surface area contributed by atoms with Gasteiger partial charge in [0.25, 0.3) is 0 Å².